The Bertz CT molecular complexity index is 654. The highest BCUT2D eigenvalue weighted by Crippen LogP contribution is 2.10. The first kappa shape index (κ1) is 16.1. The molecule has 0 aliphatic heterocycles. The van der Waals surface area contributed by atoms with Gasteiger partial charge in [0.05, 0.1) is 10.8 Å². The van der Waals surface area contributed by atoms with Gasteiger partial charge in [0.15, 0.2) is 0 Å². The van der Waals surface area contributed by atoms with Gasteiger partial charge >= 0.3 is 0 Å². The molecule has 0 bridgehead atoms. The zero-order valence-electron chi connectivity index (χ0n) is 11.9. The van der Waals surface area contributed by atoms with Gasteiger partial charge in [0.2, 0.25) is 10.0 Å². The minimum Gasteiger partial charge on any atom is -0.311 e. The Morgan fingerprint density at radius 2 is 1.95 bits per heavy atom. The van der Waals surface area contributed by atoms with Crippen molar-refractivity contribution in [2.24, 2.45) is 0 Å². The van der Waals surface area contributed by atoms with Crippen molar-refractivity contribution < 1.29 is 8.42 Å². The normalized spacial score (nSPS) is 11.7. The van der Waals surface area contributed by atoms with Gasteiger partial charge in [-0.1, -0.05) is 30.3 Å². The smallest absolute Gasteiger partial charge is 0.213 e. The van der Waals surface area contributed by atoms with Crippen LogP contribution in [0.15, 0.2) is 36.5 Å². The van der Waals surface area contributed by atoms with Crippen LogP contribution in [-0.2, 0) is 23.1 Å². The Morgan fingerprint density at radius 1 is 1.19 bits per heavy atom. The molecule has 1 aromatic heterocycles. The van der Waals surface area contributed by atoms with Crippen molar-refractivity contribution in [1.82, 2.24) is 15.0 Å². The average Bonchev–Trinajstić information content (AvgIpc) is 2.88. The second-order valence-corrected chi connectivity index (χ2v) is 7.89. The Labute approximate surface area is 129 Å². The fourth-order valence-corrected chi connectivity index (χ4v) is 3.47. The summed E-state index contributed by atoms with van der Waals surface area (Å²) in [5.74, 6) is 0.0671. The number of aryl methyl sites for hydroxylation is 1. The lowest BCUT2D eigenvalue weighted by atomic mass is 10.2. The zero-order valence-corrected chi connectivity index (χ0v) is 13.5. The maximum absolute atomic E-state index is 11.9. The summed E-state index contributed by atoms with van der Waals surface area (Å²) in [4.78, 5) is 5.27. The molecule has 21 heavy (non-hydrogen) atoms. The van der Waals surface area contributed by atoms with Crippen LogP contribution >= 0.6 is 11.3 Å². The number of hydrogen-bond acceptors (Lipinski definition) is 5. The predicted octanol–water partition coefficient (Wildman–Crippen LogP) is 1.66. The van der Waals surface area contributed by atoms with Crippen molar-refractivity contribution in [1.29, 1.82) is 0 Å². The van der Waals surface area contributed by atoms with Crippen LogP contribution in [0.25, 0.3) is 0 Å². The van der Waals surface area contributed by atoms with Gasteiger partial charge in [0.1, 0.15) is 0 Å². The third-order valence-corrected chi connectivity index (χ3v) is 5.09. The first-order valence-corrected chi connectivity index (χ1v) is 9.15. The maximum atomic E-state index is 11.9. The molecule has 0 aliphatic carbocycles. The third-order valence-electron chi connectivity index (χ3n) is 2.85. The molecular weight excluding hydrogens is 306 g/mol. The van der Waals surface area contributed by atoms with E-state index in [4.69, 9.17) is 0 Å². The minimum atomic E-state index is -3.25. The molecule has 0 saturated heterocycles. The van der Waals surface area contributed by atoms with E-state index >= 15 is 0 Å². The van der Waals surface area contributed by atoms with Gasteiger partial charge in [-0.05, 0) is 12.5 Å². The fourth-order valence-electron chi connectivity index (χ4n) is 1.77. The van der Waals surface area contributed by atoms with Crippen molar-refractivity contribution in [3.05, 3.63) is 52.0 Å². The van der Waals surface area contributed by atoms with Crippen LogP contribution in [0.2, 0.25) is 0 Å². The Morgan fingerprint density at radius 3 is 2.62 bits per heavy atom. The first-order chi connectivity index (χ1) is 10.1. The van der Waals surface area contributed by atoms with E-state index in [1.54, 1.807) is 11.3 Å². The van der Waals surface area contributed by atoms with Crippen LogP contribution < -0.4 is 10.0 Å². The number of hydrogen-bond donors (Lipinski definition) is 2. The number of benzene rings is 1. The summed E-state index contributed by atoms with van der Waals surface area (Å²) in [5.41, 5.74) is 0.953. The van der Waals surface area contributed by atoms with Gasteiger partial charge < -0.3 is 5.32 Å². The highest BCUT2D eigenvalue weighted by molar-refractivity contribution is 7.89. The van der Waals surface area contributed by atoms with Gasteiger partial charge in [-0.3, -0.25) is 0 Å². The van der Waals surface area contributed by atoms with Crippen molar-refractivity contribution in [2.45, 2.75) is 20.0 Å². The molecule has 5 nitrogen and oxygen atoms in total. The summed E-state index contributed by atoms with van der Waals surface area (Å²) in [6, 6.07) is 9.48. The van der Waals surface area contributed by atoms with Crippen molar-refractivity contribution in [2.75, 3.05) is 12.3 Å². The number of thiazole rings is 1. The highest BCUT2D eigenvalue weighted by atomic mass is 32.2. The van der Waals surface area contributed by atoms with Crippen LogP contribution in [0, 0.1) is 6.92 Å². The molecule has 0 spiro atoms. The molecule has 0 atom stereocenters. The highest BCUT2D eigenvalue weighted by Gasteiger charge is 2.09. The molecule has 0 unspecified atom stereocenters. The molecule has 1 aromatic carbocycles. The quantitative estimate of drug-likeness (QED) is 0.724. The van der Waals surface area contributed by atoms with Crippen LogP contribution in [0.4, 0.5) is 0 Å². The number of sulfonamides is 1. The summed E-state index contributed by atoms with van der Waals surface area (Å²) in [6.45, 7) is 3.35. The number of rotatable bonds is 8. The first-order valence-electron chi connectivity index (χ1n) is 6.68. The summed E-state index contributed by atoms with van der Waals surface area (Å²) in [6.07, 6.45) is 1.81. The lowest BCUT2D eigenvalue weighted by Crippen LogP contribution is -2.31. The van der Waals surface area contributed by atoms with E-state index in [9.17, 15) is 8.42 Å². The molecule has 0 amide bonds. The maximum Gasteiger partial charge on any atom is 0.213 e. The van der Waals surface area contributed by atoms with E-state index in [2.05, 4.69) is 15.0 Å². The third kappa shape index (κ3) is 5.92. The summed E-state index contributed by atoms with van der Waals surface area (Å²) >= 11 is 1.61. The van der Waals surface area contributed by atoms with Crippen molar-refractivity contribution >= 4 is 21.4 Å². The van der Waals surface area contributed by atoms with E-state index in [0.29, 0.717) is 19.6 Å². The Balaban J connectivity index is 1.69. The number of nitrogens with zero attached hydrogens (tertiary/aromatic N) is 1. The topological polar surface area (TPSA) is 71.1 Å². The molecule has 114 valence electrons. The molecule has 2 rings (SSSR count). The van der Waals surface area contributed by atoms with Gasteiger partial charge in [0, 0.05) is 30.7 Å². The molecule has 1 heterocycles. The SMILES string of the molecule is Cc1ncc(CNCCS(=O)(=O)NCc2ccccc2)s1. The van der Waals surface area contributed by atoms with Crippen molar-refractivity contribution in [3.63, 3.8) is 0 Å². The van der Waals surface area contributed by atoms with Gasteiger partial charge in [-0.25, -0.2) is 18.1 Å². The molecule has 0 fully saturated rings. The van der Waals surface area contributed by atoms with E-state index < -0.39 is 10.0 Å². The van der Waals surface area contributed by atoms with Crippen molar-refractivity contribution in [3.8, 4) is 0 Å². The van der Waals surface area contributed by atoms with Crippen LogP contribution in [0.1, 0.15) is 15.4 Å². The van der Waals surface area contributed by atoms with Crippen LogP contribution in [-0.4, -0.2) is 25.7 Å². The molecule has 7 heteroatoms. The number of nitrogens with one attached hydrogen (secondary N) is 2. The largest absolute Gasteiger partial charge is 0.311 e. The molecule has 0 aliphatic rings. The summed E-state index contributed by atoms with van der Waals surface area (Å²) in [7, 11) is -3.25. The van der Waals surface area contributed by atoms with E-state index in [-0.39, 0.29) is 5.75 Å². The monoisotopic (exact) mass is 325 g/mol. The summed E-state index contributed by atoms with van der Waals surface area (Å²) in [5, 5.41) is 4.14. The predicted molar refractivity (Wildman–Crippen MR) is 85.6 cm³/mol. The molecule has 2 N–H and O–H groups in total. The van der Waals surface area contributed by atoms with Gasteiger partial charge in [0.25, 0.3) is 0 Å². The van der Waals surface area contributed by atoms with Crippen LogP contribution in [0.5, 0.6) is 0 Å². The number of aromatic nitrogens is 1. The second-order valence-electron chi connectivity index (χ2n) is 4.65. The average molecular weight is 325 g/mol. The van der Waals surface area contributed by atoms with E-state index in [0.717, 1.165) is 15.4 Å². The minimum absolute atomic E-state index is 0.0671. The molecular formula is C14H19N3O2S2. The lowest BCUT2D eigenvalue weighted by molar-refractivity contribution is 0.576. The Kier molecular flexibility index (Phi) is 5.86. The second kappa shape index (κ2) is 7.65. The van der Waals surface area contributed by atoms with Crippen LogP contribution in [0.3, 0.4) is 0 Å². The fraction of sp³-hybridized carbons (Fsp3) is 0.357. The van der Waals surface area contributed by atoms with Gasteiger partial charge in [-0.15, -0.1) is 11.3 Å². The molecule has 0 saturated carbocycles. The van der Waals surface area contributed by atoms with E-state index in [1.807, 2.05) is 43.5 Å². The van der Waals surface area contributed by atoms with E-state index in [1.165, 1.54) is 0 Å². The summed E-state index contributed by atoms with van der Waals surface area (Å²) < 4.78 is 26.3. The molecule has 0 radical (unpaired) electrons. The van der Waals surface area contributed by atoms with Gasteiger partial charge in [-0.2, -0.15) is 0 Å². The standard InChI is InChI=1S/C14H19N3O2S2/c1-12-16-11-14(20-12)10-15-7-8-21(18,19)17-9-13-5-3-2-4-6-13/h2-6,11,15,17H,7-10H2,1H3. The lowest BCUT2D eigenvalue weighted by Gasteiger charge is -2.07. The Hall–Kier alpha value is -1.28. The zero-order chi connectivity index (χ0) is 15.1. The molecule has 2 aromatic rings.